The molecule has 1 aliphatic rings. The van der Waals surface area contributed by atoms with Gasteiger partial charge >= 0.3 is 0 Å². The number of fused-ring (bicyclic) bond motifs is 8. The molecule has 4 heterocycles. The Kier molecular flexibility index (Phi) is 3.87. The van der Waals surface area contributed by atoms with Crippen LogP contribution in [0.15, 0.2) is 89.5 Å². The Morgan fingerprint density at radius 2 is 1.51 bits per heavy atom. The molecule has 0 amide bonds. The first-order valence-corrected chi connectivity index (χ1v) is 12.9. The van der Waals surface area contributed by atoms with E-state index in [2.05, 4.69) is 110 Å². The fraction of sp³-hybridized carbons (Fsp3) is 0.147. The minimum absolute atomic E-state index is 0.136. The third-order valence-corrected chi connectivity index (χ3v) is 8.33. The molecule has 0 saturated heterocycles. The highest BCUT2D eigenvalue weighted by Gasteiger charge is 2.35. The molecule has 178 valence electrons. The minimum atomic E-state index is -0.136. The molecule has 4 aromatic carbocycles. The Labute approximate surface area is 215 Å². The van der Waals surface area contributed by atoms with Crippen LogP contribution in [0.5, 0.6) is 0 Å². The summed E-state index contributed by atoms with van der Waals surface area (Å²) in [6.07, 6.45) is 1.78. The molecule has 0 fully saturated rings. The molecule has 0 bridgehead atoms. The lowest BCUT2D eigenvalue weighted by Gasteiger charge is -2.35. The molecule has 3 aromatic heterocycles. The Hall–Kier alpha value is -4.37. The lowest BCUT2D eigenvalue weighted by Crippen LogP contribution is -2.26. The average Bonchev–Trinajstić information content (AvgIpc) is 3.42. The predicted molar refractivity (Wildman–Crippen MR) is 153 cm³/mol. The molecular weight excluding hydrogens is 452 g/mol. The molecule has 8 rings (SSSR count). The number of rotatable bonds is 1. The number of hydrogen-bond donors (Lipinski definition) is 0. The van der Waals surface area contributed by atoms with Gasteiger partial charge in [0.1, 0.15) is 5.58 Å². The zero-order valence-corrected chi connectivity index (χ0v) is 21.4. The highest BCUT2D eigenvalue weighted by atomic mass is 16.3. The SMILES string of the molecule is Cc1ccc2c(c1)c1cc(C)cc3c1n2-c1ccc(-c2ccc4c(c2)oc2ncccc24)cc1C3(C)C. The lowest BCUT2D eigenvalue weighted by atomic mass is 9.73. The van der Waals surface area contributed by atoms with Gasteiger partial charge < -0.3 is 8.98 Å². The van der Waals surface area contributed by atoms with Crippen molar-refractivity contribution in [2.24, 2.45) is 0 Å². The summed E-state index contributed by atoms with van der Waals surface area (Å²) in [5.41, 5.74) is 13.0. The van der Waals surface area contributed by atoms with E-state index in [4.69, 9.17) is 4.42 Å². The van der Waals surface area contributed by atoms with E-state index in [1.807, 2.05) is 6.07 Å². The first kappa shape index (κ1) is 20.8. The molecule has 0 N–H and O–H groups in total. The van der Waals surface area contributed by atoms with Crippen LogP contribution in [-0.4, -0.2) is 9.55 Å². The fourth-order valence-electron chi connectivity index (χ4n) is 6.48. The second-order valence-electron chi connectivity index (χ2n) is 11.1. The smallest absolute Gasteiger partial charge is 0.227 e. The third kappa shape index (κ3) is 2.69. The van der Waals surface area contributed by atoms with Crippen LogP contribution in [0.1, 0.15) is 36.1 Å². The van der Waals surface area contributed by atoms with Crippen LogP contribution in [0.4, 0.5) is 0 Å². The number of hydrogen-bond acceptors (Lipinski definition) is 2. The molecule has 0 atom stereocenters. The third-order valence-electron chi connectivity index (χ3n) is 8.33. The van der Waals surface area contributed by atoms with Crippen LogP contribution in [0.2, 0.25) is 0 Å². The molecule has 0 unspecified atom stereocenters. The Bertz CT molecular complexity index is 2090. The van der Waals surface area contributed by atoms with Crippen molar-refractivity contribution in [3.05, 3.63) is 107 Å². The average molecular weight is 479 g/mol. The largest absolute Gasteiger partial charge is 0.438 e. The standard InChI is InChI=1S/C34H26N2O/c1-19-7-11-29-25(14-19)26-15-20(2)16-28-32(26)36(29)30-12-9-21(17-27(30)34(28,3)4)22-8-10-23-24-6-5-13-35-33(24)37-31(23)18-22/h5-18H,1-4H3. The monoisotopic (exact) mass is 478 g/mol. The summed E-state index contributed by atoms with van der Waals surface area (Å²) in [5.74, 6) is 0. The maximum atomic E-state index is 6.10. The van der Waals surface area contributed by atoms with E-state index in [1.165, 1.54) is 55.3 Å². The quantitative estimate of drug-likeness (QED) is 0.236. The summed E-state index contributed by atoms with van der Waals surface area (Å²) in [7, 11) is 0. The van der Waals surface area contributed by atoms with Crippen LogP contribution in [0, 0.1) is 13.8 Å². The number of furan rings is 1. The number of pyridine rings is 1. The minimum Gasteiger partial charge on any atom is -0.438 e. The Morgan fingerprint density at radius 1 is 0.703 bits per heavy atom. The molecule has 37 heavy (non-hydrogen) atoms. The zero-order chi connectivity index (χ0) is 25.1. The van der Waals surface area contributed by atoms with Crippen molar-refractivity contribution in [3.8, 4) is 16.8 Å². The first-order valence-electron chi connectivity index (χ1n) is 12.9. The molecule has 0 radical (unpaired) electrons. The van der Waals surface area contributed by atoms with Crippen LogP contribution in [0.3, 0.4) is 0 Å². The normalized spacial score (nSPS) is 14.2. The van der Waals surface area contributed by atoms with E-state index in [0.717, 1.165) is 21.9 Å². The number of aromatic nitrogens is 2. The van der Waals surface area contributed by atoms with Crippen molar-refractivity contribution < 1.29 is 4.42 Å². The van der Waals surface area contributed by atoms with Gasteiger partial charge in [-0.05, 0) is 90.7 Å². The lowest BCUT2D eigenvalue weighted by molar-refractivity contribution is 0.630. The van der Waals surface area contributed by atoms with E-state index in [1.54, 1.807) is 6.20 Å². The fourth-order valence-corrected chi connectivity index (χ4v) is 6.48. The van der Waals surface area contributed by atoms with Crippen LogP contribution < -0.4 is 0 Å². The molecule has 7 aromatic rings. The van der Waals surface area contributed by atoms with Crippen molar-refractivity contribution >= 4 is 43.9 Å². The van der Waals surface area contributed by atoms with Crippen molar-refractivity contribution in [1.82, 2.24) is 9.55 Å². The van der Waals surface area contributed by atoms with Crippen molar-refractivity contribution in [3.63, 3.8) is 0 Å². The summed E-state index contributed by atoms with van der Waals surface area (Å²) in [4.78, 5) is 4.40. The summed E-state index contributed by atoms with van der Waals surface area (Å²) in [5, 5.41) is 4.84. The van der Waals surface area contributed by atoms with E-state index in [-0.39, 0.29) is 5.41 Å². The first-order chi connectivity index (χ1) is 17.9. The van der Waals surface area contributed by atoms with Gasteiger partial charge in [-0.2, -0.15) is 0 Å². The van der Waals surface area contributed by atoms with Crippen molar-refractivity contribution in [2.75, 3.05) is 0 Å². The molecule has 0 spiro atoms. The van der Waals surface area contributed by atoms with Crippen LogP contribution in [-0.2, 0) is 5.41 Å². The maximum Gasteiger partial charge on any atom is 0.227 e. The van der Waals surface area contributed by atoms with Gasteiger partial charge in [0.05, 0.1) is 16.7 Å². The van der Waals surface area contributed by atoms with Gasteiger partial charge in [0, 0.05) is 33.2 Å². The summed E-state index contributed by atoms with van der Waals surface area (Å²) >= 11 is 0. The molecule has 3 nitrogen and oxygen atoms in total. The van der Waals surface area contributed by atoms with Gasteiger partial charge in [-0.25, -0.2) is 4.98 Å². The van der Waals surface area contributed by atoms with Crippen LogP contribution in [0.25, 0.3) is 60.7 Å². The second kappa shape index (κ2) is 6.89. The maximum absolute atomic E-state index is 6.10. The zero-order valence-electron chi connectivity index (χ0n) is 21.4. The van der Waals surface area contributed by atoms with Gasteiger partial charge in [0.25, 0.3) is 0 Å². The Morgan fingerprint density at radius 3 is 2.41 bits per heavy atom. The van der Waals surface area contributed by atoms with Gasteiger partial charge in [0.2, 0.25) is 5.71 Å². The molecule has 1 aliphatic heterocycles. The Balaban J connectivity index is 1.40. The van der Waals surface area contributed by atoms with Gasteiger partial charge in [0.15, 0.2) is 0 Å². The van der Waals surface area contributed by atoms with E-state index in [9.17, 15) is 0 Å². The van der Waals surface area contributed by atoms with Gasteiger partial charge in [-0.1, -0.05) is 49.2 Å². The highest BCUT2D eigenvalue weighted by Crippen LogP contribution is 2.49. The van der Waals surface area contributed by atoms with Crippen LogP contribution >= 0.6 is 0 Å². The summed E-state index contributed by atoms with van der Waals surface area (Å²) in [6, 6.07) is 29.1. The highest BCUT2D eigenvalue weighted by molar-refractivity contribution is 6.12. The predicted octanol–water partition coefficient (Wildman–Crippen LogP) is 9.00. The van der Waals surface area contributed by atoms with E-state index >= 15 is 0 Å². The summed E-state index contributed by atoms with van der Waals surface area (Å²) < 4.78 is 8.58. The van der Waals surface area contributed by atoms with E-state index < -0.39 is 0 Å². The van der Waals surface area contributed by atoms with Gasteiger partial charge in [-0.3, -0.25) is 0 Å². The number of nitrogens with zero attached hydrogens (tertiary/aromatic N) is 2. The van der Waals surface area contributed by atoms with E-state index in [0.29, 0.717) is 5.71 Å². The molecule has 0 aliphatic carbocycles. The van der Waals surface area contributed by atoms with Crippen molar-refractivity contribution in [1.29, 1.82) is 0 Å². The summed E-state index contributed by atoms with van der Waals surface area (Å²) in [6.45, 7) is 9.13. The number of aryl methyl sites for hydroxylation is 2. The second-order valence-corrected chi connectivity index (χ2v) is 11.1. The number of benzene rings is 4. The molecular formula is C34H26N2O. The van der Waals surface area contributed by atoms with Crippen molar-refractivity contribution in [2.45, 2.75) is 33.1 Å². The molecule has 0 saturated carbocycles. The van der Waals surface area contributed by atoms with Gasteiger partial charge in [-0.15, -0.1) is 0 Å². The topological polar surface area (TPSA) is 31.0 Å². The molecule has 3 heteroatoms.